The lowest BCUT2D eigenvalue weighted by molar-refractivity contribution is -0.138. The maximum Gasteiger partial charge on any atom is 0.311 e. The van der Waals surface area contributed by atoms with Crippen molar-refractivity contribution in [2.75, 3.05) is 14.2 Å². The lowest BCUT2D eigenvalue weighted by Gasteiger charge is -2.17. The summed E-state index contributed by atoms with van der Waals surface area (Å²) in [6, 6.07) is 12.3. The minimum Gasteiger partial charge on any atom is -0.497 e. The molecule has 1 unspecified atom stereocenters. The van der Waals surface area contributed by atoms with Gasteiger partial charge in [0.05, 0.1) is 20.1 Å². The molecule has 0 heterocycles. The number of halogens is 1. The van der Waals surface area contributed by atoms with Crippen molar-refractivity contribution in [2.45, 2.75) is 12.3 Å². The second-order valence-corrected chi connectivity index (χ2v) is 5.27. The van der Waals surface area contributed by atoms with Gasteiger partial charge in [0.1, 0.15) is 11.5 Å². The molecule has 2 aromatic carbocycles. The van der Waals surface area contributed by atoms with E-state index in [1.165, 1.54) is 7.11 Å². The number of methoxy groups -OCH3 is 2. The molecule has 0 spiro atoms. The Bertz CT molecular complexity index is 669. The molecule has 0 radical (unpaired) electrons. The van der Waals surface area contributed by atoms with E-state index < -0.39 is 11.9 Å². The van der Waals surface area contributed by atoms with E-state index in [0.29, 0.717) is 28.5 Å². The highest BCUT2D eigenvalue weighted by Crippen LogP contribution is 2.33. The molecule has 0 saturated heterocycles. The fourth-order valence-electron chi connectivity index (χ4n) is 2.34. The predicted molar refractivity (Wildman–Crippen MR) is 85.1 cm³/mol. The van der Waals surface area contributed by atoms with Crippen LogP contribution in [0.25, 0.3) is 0 Å². The number of hydrogen-bond acceptors (Lipinski definition) is 3. The van der Waals surface area contributed by atoms with Gasteiger partial charge in [0.15, 0.2) is 0 Å². The Balaban J connectivity index is 2.41. The fraction of sp³-hybridized carbons (Fsp3) is 0.235. The highest BCUT2D eigenvalue weighted by Gasteiger charge is 2.24. The molecule has 0 amide bonds. The average Bonchev–Trinajstić information content (AvgIpc) is 2.51. The molecule has 0 aromatic heterocycles. The molecule has 0 saturated carbocycles. The molecule has 0 aliphatic rings. The quantitative estimate of drug-likeness (QED) is 0.880. The van der Waals surface area contributed by atoms with E-state index >= 15 is 0 Å². The topological polar surface area (TPSA) is 55.8 Å². The molecule has 0 aliphatic carbocycles. The van der Waals surface area contributed by atoms with E-state index in [-0.39, 0.29) is 0 Å². The van der Waals surface area contributed by atoms with Gasteiger partial charge in [-0.2, -0.15) is 0 Å². The summed E-state index contributed by atoms with van der Waals surface area (Å²) in [5.74, 6) is -0.557. The van der Waals surface area contributed by atoms with Crippen molar-refractivity contribution in [3.8, 4) is 11.5 Å². The Morgan fingerprint density at radius 1 is 1.18 bits per heavy atom. The molecule has 5 heteroatoms. The highest BCUT2D eigenvalue weighted by molar-refractivity contribution is 6.30. The van der Waals surface area contributed by atoms with Gasteiger partial charge in [0.25, 0.3) is 0 Å². The van der Waals surface area contributed by atoms with Gasteiger partial charge in [-0.1, -0.05) is 23.7 Å². The van der Waals surface area contributed by atoms with E-state index in [1.54, 1.807) is 43.5 Å². The summed E-state index contributed by atoms with van der Waals surface area (Å²) < 4.78 is 10.5. The Hall–Kier alpha value is -2.20. The predicted octanol–water partition coefficient (Wildman–Crippen LogP) is 3.77. The zero-order valence-corrected chi connectivity index (χ0v) is 13.1. The van der Waals surface area contributed by atoms with Gasteiger partial charge in [-0.25, -0.2) is 0 Å². The molecule has 0 fully saturated rings. The number of carbonyl (C=O) groups is 1. The van der Waals surface area contributed by atoms with Crippen molar-refractivity contribution in [2.24, 2.45) is 0 Å². The van der Waals surface area contributed by atoms with Crippen molar-refractivity contribution in [3.63, 3.8) is 0 Å². The van der Waals surface area contributed by atoms with Crippen LogP contribution in [0.1, 0.15) is 17.0 Å². The van der Waals surface area contributed by atoms with Crippen LogP contribution in [0.5, 0.6) is 11.5 Å². The maximum atomic E-state index is 11.7. The number of carboxylic acid groups (broad SMARTS) is 1. The standard InChI is InChI=1S/C17H17ClO4/c1-21-13-6-7-16(22-2)14(10-13)15(17(19)20)9-11-4-3-5-12(18)8-11/h3-8,10,15H,9H2,1-2H3,(H,19,20). The molecule has 1 atom stereocenters. The van der Waals surface area contributed by atoms with Crippen LogP contribution in [-0.2, 0) is 11.2 Å². The zero-order chi connectivity index (χ0) is 16.1. The molecule has 1 N–H and O–H groups in total. The van der Waals surface area contributed by atoms with Gasteiger partial charge < -0.3 is 14.6 Å². The summed E-state index contributed by atoms with van der Waals surface area (Å²) in [7, 11) is 3.06. The summed E-state index contributed by atoms with van der Waals surface area (Å²) >= 11 is 5.97. The first-order valence-electron chi connectivity index (χ1n) is 6.74. The number of rotatable bonds is 6. The third-order valence-corrected chi connectivity index (χ3v) is 3.67. The van der Waals surface area contributed by atoms with Crippen molar-refractivity contribution in [3.05, 3.63) is 58.6 Å². The largest absolute Gasteiger partial charge is 0.497 e. The molecular weight excluding hydrogens is 304 g/mol. The van der Waals surface area contributed by atoms with E-state index in [2.05, 4.69) is 0 Å². The van der Waals surface area contributed by atoms with Gasteiger partial charge in [0, 0.05) is 10.6 Å². The first-order valence-corrected chi connectivity index (χ1v) is 7.12. The monoisotopic (exact) mass is 320 g/mol. The molecule has 22 heavy (non-hydrogen) atoms. The first kappa shape index (κ1) is 16.2. The number of ether oxygens (including phenoxy) is 2. The highest BCUT2D eigenvalue weighted by atomic mass is 35.5. The van der Waals surface area contributed by atoms with E-state index in [9.17, 15) is 9.90 Å². The average molecular weight is 321 g/mol. The molecule has 2 aromatic rings. The lowest BCUT2D eigenvalue weighted by Crippen LogP contribution is -2.15. The summed E-state index contributed by atoms with van der Waals surface area (Å²) in [6.45, 7) is 0. The summed E-state index contributed by atoms with van der Waals surface area (Å²) in [4.78, 5) is 11.7. The maximum absolute atomic E-state index is 11.7. The second kappa shape index (κ2) is 7.18. The van der Waals surface area contributed by atoms with E-state index in [1.807, 2.05) is 6.07 Å². The van der Waals surface area contributed by atoms with Crippen molar-refractivity contribution in [1.82, 2.24) is 0 Å². The fourth-order valence-corrected chi connectivity index (χ4v) is 2.55. The SMILES string of the molecule is COc1ccc(OC)c(C(Cc2cccc(Cl)c2)C(=O)O)c1. The van der Waals surface area contributed by atoms with Crippen LogP contribution in [0.15, 0.2) is 42.5 Å². The summed E-state index contributed by atoms with van der Waals surface area (Å²) in [5, 5.41) is 10.2. The van der Waals surface area contributed by atoms with Crippen LogP contribution in [0, 0.1) is 0 Å². The van der Waals surface area contributed by atoms with E-state index in [4.69, 9.17) is 21.1 Å². The van der Waals surface area contributed by atoms with Crippen LogP contribution in [0.4, 0.5) is 0 Å². The number of carboxylic acids is 1. The minimum absolute atomic E-state index is 0.319. The normalized spacial score (nSPS) is 11.8. The molecule has 116 valence electrons. The van der Waals surface area contributed by atoms with Crippen LogP contribution in [0.3, 0.4) is 0 Å². The van der Waals surface area contributed by atoms with Gasteiger partial charge in [-0.15, -0.1) is 0 Å². The molecule has 0 bridgehead atoms. The van der Waals surface area contributed by atoms with Crippen LogP contribution in [0.2, 0.25) is 5.02 Å². The number of benzene rings is 2. The van der Waals surface area contributed by atoms with Crippen molar-refractivity contribution in [1.29, 1.82) is 0 Å². The third kappa shape index (κ3) is 3.71. The van der Waals surface area contributed by atoms with Gasteiger partial charge in [-0.3, -0.25) is 4.79 Å². The number of aliphatic carboxylic acids is 1. The van der Waals surface area contributed by atoms with Crippen LogP contribution in [-0.4, -0.2) is 25.3 Å². The van der Waals surface area contributed by atoms with Gasteiger partial charge in [-0.05, 0) is 42.3 Å². The van der Waals surface area contributed by atoms with Crippen molar-refractivity contribution >= 4 is 17.6 Å². The first-order chi connectivity index (χ1) is 10.5. The lowest BCUT2D eigenvalue weighted by atomic mass is 9.91. The van der Waals surface area contributed by atoms with Gasteiger partial charge >= 0.3 is 5.97 Å². The Morgan fingerprint density at radius 2 is 1.95 bits per heavy atom. The van der Waals surface area contributed by atoms with Crippen molar-refractivity contribution < 1.29 is 19.4 Å². The molecular formula is C17H17ClO4. The molecule has 0 aliphatic heterocycles. The summed E-state index contributed by atoms with van der Waals surface area (Å²) in [5.41, 5.74) is 1.43. The Morgan fingerprint density at radius 3 is 2.55 bits per heavy atom. The molecule has 4 nitrogen and oxygen atoms in total. The number of hydrogen-bond donors (Lipinski definition) is 1. The minimum atomic E-state index is -0.925. The second-order valence-electron chi connectivity index (χ2n) is 4.83. The third-order valence-electron chi connectivity index (χ3n) is 3.44. The zero-order valence-electron chi connectivity index (χ0n) is 12.4. The van der Waals surface area contributed by atoms with Crippen LogP contribution < -0.4 is 9.47 Å². The Labute approximate surface area is 134 Å². The Kier molecular flexibility index (Phi) is 5.28. The smallest absolute Gasteiger partial charge is 0.311 e. The van der Waals surface area contributed by atoms with Gasteiger partial charge in [0.2, 0.25) is 0 Å². The van der Waals surface area contributed by atoms with E-state index in [0.717, 1.165) is 5.56 Å². The summed E-state index contributed by atoms with van der Waals surface area (Å²) in [6.07, 6.45) is 0.319. The van der Waals surface area contributed by atoms with Crippen LogP contribution >= 0.6 is 11.6 Å². The molecule has 2 rings (SSSR count).